The Labute approximate surface area is 285 Å². The molecule has 4 nitrogen and oxygen atoms in total. The number of rotatable bonds is 35. The molecule has 0 rings (SSSR count). The minimum absolute atomic E-state index is 0.184. The fraction of sp³-hybridized carbons (Fsp3) is 0.738. The van der Waals surface area contributed by atoms with Gasteiger partial charge >= 0.3 is 5.97 Å². The van der Waals surface area contributed by atoms with Crippen LogP contribution in [0.15, 0.2) is 60.8 Å². The molecule has 0 radical (unpaired) electrons. The van der Waals surface area contributed by atoms with Gasteiger partial charge in [0.25, 0.3) is 0 Å². The van der Waals surface area contributed by atoms with Crippen molar-refractivity contribution >= 4 is 5.97 Å². The molecule has 266 valence electrons. The fourth-order valence-corrected chi connectivity index (χ4v) is 5.19. The number of unbranched alkanes of at least 4 members (excludes halogenated alkanes) is 17. The lowest BCUT2D eigenvalue weighted by Crippen LogP contribution is -2.27. The fourth-order valence-electron chi connectivity index (χ4n) is 5.19. The van der Waals surface area contributed by atoms with Crippen molar-refractivity contribution in [3.63, 3.8) is 0 Å². The van der Waals surface area contributed by atoms with E-state index < -0.39 is 6.10 Å². The zero-order valence-electron chi connectivity index (χ0n) is 30.3. The first-order valence-corrected chi connectivity index (χ1v) is 19.4. The van der Waals surface area contributed by atoms with Crippen molar-refractivity contribution in [3.8, 4) is 0 Å². The van der Waals surface area contributed by atoms with Gasteiger partial charge in [0, 0.05) is 13.0 Å². The van der Waals surface area contributed by atoms with Crippen molar-refractivity contribution in [3.05, 3.63) is 60.8 Å². The maximum Gasteiger partial charge on any atom is 0.306 e. The van der Waals surface area contributed by atoms with Gasteiger partial charge in [-0.15, -0.1) is 0 Å². The van der Waals surface area contributed by atoms with Gasteiger partial charge in [-0.1, -0.05) is 152 Å². The Kier molecular flexibility index (Phi) is 37.6. The summed E-state index contributed by atoms with van der Waals surface area (Å²) in [6.45, 7) is 5.18. The molecule has 0 aromatic heterocycles. The molecule has 0 saturated heterocycles. The van der Waals surface area contributed by atoms with Crippen molar-refractivity contribution in [2.45, 2.75) is 180 Å². The second-order valence-electron chi connectivity index (χ2n) is 12.6. The van der Waals surface area contributed by atoms with Crippen molar-refractivity contribution in [1.29, 1.82) is 0 Å². The van der Waals surface area contributed by atoms with Crippen molar-refractivity contribution in [2.75, 3.05) is 19.8 Å². The number of esters is 1. The summed E-state index contributed by atoms with van der Waals surface area (Å²) >= 11 is 0. The molecule has 0 bridgehead atoms. The van der Waals surface area contributed by atoms with Gasteiger partial charge in [0.05, 0.1) is 13.2 Å². The molecule has 46 heavy (non-hydrogen) atoms. The molecule has 1 N–H and O–H groups in total. The highest BCUT2D eigenvalue weighted by atomic mass is 16.6. The van der Waals surface area contributed by atoms with E-state index in [1.807, 2.05) is 0 Å². The zero-order chi connectivity index (χ0) is 33.4. The number of carbonyl (C=O) groups is 1. The second kappa shape index (κ2) is 39.3. The molecule has 4 heteroatoms. The quantitative estimate of drug-likeness (QED) is 0.0424. The molecular weight excluding hydrogens is 568 g/mol. The zero-order valence-corrected chi connectivity index (χ0v) is 30.3. The molecule has 0 aliphatic heterocycles. The summed E-state index contributed by atoms with van der Waals surface area (Å²) in [5.74, 6) is -0.222. The highest BCUT2D eigenvalue weighted by molar-refractivity contribution is 5.69. The smallest absolute Gasteiger partial charge is 0.306 e. The summed E-state index contributed by atoms with van der Waals surface area (Å²) in [5, 5.41) is 9.57. The molecule has 0 aromatic rings. The van der Waals surface area contributed by atoms with Gasteiger partial charge in [0.2, 0.25) is 0 Å². The van der Waals surface area contributed by atoms with Crippen LogP contribution in [0.25, 0.3) is 0 Å². The summed E-state index contributed by atoms with van der Waals surface area (Å²) < 4.78 is 11.1. The van der Waals surface area contributed by atoms with E-state index in [2.05, 4.69) is 74.6 Å². The van der Waals surface area contributed by atoms with Gasteiger partial charge in [-0.2, -0.15) is 0 Å². The Bertz CT molecular complexity index is 764. The lowest BCUT2D eigenvalue weighted by atomic mass is 10.1. The molecule has 0 aromatic carbocycles. The van der Waals surface area contributed by atoms with Gasteiger partial charge in [0.15, 0.2) is 0 Å². The van der Waals surface area contributed by atoms with Crippen LogP contribution in [0.3, 0.4) is 0 Å². The highest BCUT2D eigenvalue weighted by Gasteiger charge is 2.13. The SMILES string of the molecule is CC/C=C\C/C=C\C/C=C\CCCCCCCC(=O)OC(CO)COCCCCCCCCCC/C=C\C/C=C\CCCCCC. The van der Waals surface area contributed by atoms with Gasteiger partial charge < -0.3 is 14.6 Å². The molecular formula is C42H74O4. The van der Waals surface area contributed by atoms with Crippen LogP contribution in [0.2, 0.25) is 0 Å². The molecule has 0 fully saturated rings. The molecule has 0 saturated carbocycles. The third-order valence-electron chi connectivity index (χ3n) is 8.08. The summed E-state index contributed by atoms with van der Waals surface area (Å²) in [5.41, 5.74) is 0. The molecule has 0 amide bonds. The van der Waals surface area contributed by atoms with Crippen LogP contribution in [0.5, 0.6) is 0 Å². The topological polar surface area (TPSA) is 55.8 Å². The maximum absolute atomic E-state index is 12.2. The number of hydrogen-bond acceptors (Lipinski definition) is 4. The Hall–Kier alpha value is -1.91. The number of aliphatic hydroxyl groups excluding tert-OH is 1. The van der Waals surface area contributed by atoms with Crippen molar-refractivity contribution in [2.24, 2.45) is 0 Å². The predicted octanol–water partition coefficient (Wildman–Crippen LogP) is 12.5. The average Bonchev–Trinajstić information content (AvgIpc) is 3.06. The number of ether oxygens (including phenoxy) is 2. The van der Waals surface area contributed by atoms with Crippen LogP contribution in [-0.2, 0) is 14.3 Å². The van der Waals surface area contributed by atoms with Gasteiger partial charge in [-0.3, -0.25) is 4.79 Å². The Morgan fingerprint density at radius 3 is 1.48 bits per heavy atom. The third-order valence-corrected chi connectivity index (χ3v) is 8.08. The van der Waals surface area contributed by atoms with E-state index in [0.29, 0.717) is 13.0 Å². The molecule has 0 aliphatic rings. The molecule has 0 heterocycles. The lowest BCUT2D eigenvalue weighted by Gasteiger charge is -2.15. The minimum atomic E-state index is -0.548. The lowest BCUT2D eigenvalue weighted by molar-refractivity contribution is -0.154. The van der Waals surface area contributed by atoms with E-state index >= 15 is 0 Å². The van der Waals surface area contributed by atoms with Crippen LogP contribution < -0.4 is 0 Å². The first-order chi connectivity index (χ1) is 22.7. The van der Waals surface area contributed by atoms with Crippen LogP contribution in [-0.4, -0.2) is 37.0 Å². The van der Waals surface area contributed by atoms with Crippen molar-refractivity contribution < 1.29 is 19.4 Å². The first kappa shape index (κ1) is 44.1. The standard InChI is InChI=1S/C42H74O4/c1-3-5-7-9-11-13-15-17-19-20-21-22-24-26-28-30-32-34-36-38-45-40-41(39-43)46-42(44)37-35-33-31-29-27-25-23-18-16-14-12-10-8-6-4-2/h6,8,12-15,18-20,23,41,43H,3-5,7,9-11,16-17,21-22,24-40H2,1-2H3/b8-6-,14-12-,15-13-,20-19-,23-18-. The van der Waals surface area contributed by atoms with Crippen molar-refractivity contribution in [1.82, 2.24) is 0 Å². The van der Waals surface area contributed by atoms with Crippen LogP contribution in [0.1, 0.15) is 174 Å². The Balaban J connectivity index is 3.49. The minimum Gasteiger partial charge on any atom is -0.457 e. The number of hydrogen-bond donors (Lipinski definition) is 1. The summed E-state index contributed by atoms with van der Waals surface area (Å²) in [6, 6.07) is 0. The Morgan fingerprint density at radius 2 is 0.978 bits per heavy atom. The normalized spacial score (nSPS) is 13.0. The number of allylic oxidation sites excluding steroid dienone is 10. The molecule has 0 aliphatic carbocycles. The first-order valence-electron chi connectivity index (χ1n) is 19.4. The molecule has 1 atom stereocenters. The van der Waals surface area contributed by atoms with E-state index in [-0.39, 0.29) is 19.2 Å². The number of carbonyl (C=O) groups excluding carboxylic acids is 1. The Morgan fingerprint density at radius 1 is 0.543 bits per heavy atom. The second-order valence-corrected chi connectivity index (χ2v) is 12.6. The van der Waals surface area contributed by atoms with E-state index in [1.54, 1.807) is 0 Å². The van der Waals surface area contributed by atoms with E-state index in [4.69, 9.17) is 9.47 Å². The maximum atomic E-state index is 12.2. The van der Waals surface area contributed by atoms with E-state index in [1.165, 1.54) is 96.3 Å². The van der Waals surface area contributed by atoms with Gasteiger partial charge in [-0.05, 0) is 77.0 Å². The van der Waals surface area contributed by atoms with Crippen LogP contribution >= 0.6 is 0 Å². The average molecular weight is 643 g/mol. The monoisotopic (exact) mass is 643 g/mol. The molecule has 1 unspecified atom stereocenters. The highest BCUT2D eigenvalue weighted by Crippen LogP contribution is 2.12. The molecule has 0 spiro atoms. The summed E-state index contributed by atoms with van der Waals surface area (Å²) in [4.78, 5) is 12.2. The van der Waals surface area contributed by atoms with E-state index in [9.17, 15) is 9.90 Å². The van der Waals surface area contributed by atoms with Gasteiger partial charge in [0.1, 0.15) is 6.10 Å². The number of aliphatic hydroxyl groups is 1. The van der Waals surface area contributed by atoms with E-state index in [0.717, 1.165) is 57.8 Å². The van der Waals surface area contributed by atoms with Gasteiger partial charge in [-0.25, -0.2) is 0 Å². The third kappa shape index (κ3) is 36.6. The summed E-state index contributed by atoms with van der Waals surface area (Å²) in [7, 11) is 0. The van der Waals surface area contributed by atoms with Crippen LogP contribution in [0, 0.1) is 0 Å². The largest absolute Gasteiger partial charge is 0.457 e. The summed E-state index contributed by atoms with van der Waals surface area (Å²) in [6.07, 6.45) is 51.2. The predicted molar refractivity (Wildman–Crippen MR) is 200 cm³/mol. The van der Waals surface area contributed by atoms with Crippen LogP contribution in [0.4, 0.5) is 0 Å².